The molecule has 1 heterocycles. The Morgan fingerprint density at radius 3 is 2.91 bits per heavy atom. The van der Waals surface area contributed by atoms with E-state index in [0.717, 1.165) is 18.8 Å². The summed E-state index contributed by atoms with van der Waals surface area (Å²) < 4.78 is 0. The molecule has 0 bridgehead atoms. The topological polar surface area (TPSA) is 24.9 Å². The second kappa shape index (κ2) is 3.96. The van der Waals surface area contributed by atoms with E-state index in [4.69, 9.17) is 0 Å². The highest BCUT2D eigenvalue weighted by atomic mass is 15.0. The van der Waals surface area contributed by atoms with Crippen molar-refractivity contribution in [2.75, 3.05) is 11.9 Å². The van der Waals surface area contributed by atoms with E-state index >= 15 is 0 Å². The number of rotatable bonds is 3. The van der Waals surface area contributed by atoms with Crippen LogP contribution in [-0.4, -0.2) is 11.5 Å². The lowest BCUT2D eigenvalue weighted by atomic mass is 10.2. The zero-order valence-electron chi connectivity index (χ0n) is 7.09. The molecule has 0 aromatic carbocycles. The van der Waals surface area contributed by atoms with Gasteiger partial charge in [-0.25, -0.2) is 4.98 Å². The molecule has 0 aliphatic carbocycles. The molecule has 0 unspecified atom stereocenters. The third kappa shape index (κ3) is 1.93. The van der Waals surface area contributed by atoms with E-state index in [9.17, 15) is 0 Å². The number of hydrogen-bond acceptors (Lipinski definition) is 2. The van der Waals surface area contributed by atoms with Crippen LogP contribution in [0, 0.1) is 0 Å². The highest BCUT2D eigenvalue weighted by Gasteiger charge is 1.96. The maximum absolute atomic E-state index is 4.23. The Hall–Kier alpha value is -1.05. The van der Waals surface area contributed by atoms with E-state index in [1.54, 1.807) is 0 Å². The minimum atomic E-state index is 0.935. The summed E-state index contributed by atoms with van der Waals surface area (Å²) in [5.74, 6) is 1.03. The van der Waals surface area contributed by atoms with Crippen LogP contribution in [0.4, 0.5) is 5.82 Å². The van der Waals surface area contributed by atoms with Crippen LogP contribution in [0.3, 0.4) is 0 Å². The second-order valence-electron chi connectivity index (χ2n) is 2.40. The molecule has 2 heteroatoms. The molecular formula is C9H14N2. The van der Waals surface area contributed by atoms with Crippen LogP contribution in [0.15, 0.2) is 18.3 Å². The van der Waals surface area contributed by atoms with Gasteiger partial charge in [0.25, 0.3) is 0 Å². The summed E-state index contributed by atoms with van der Waals surface area (Å²) >= 11 is 0. The molecule has 0 saturated heterocycles. The predicted octanol–water partition coefficient (Wildman–Crippen LogP) is 2.08. The number of hydrogen-bond donors (Lipinski definition) is 1. The van der Waals surface area contributed by atoms with E-state index in [2.05, 4.69) is 30.2 Å². The van der Waals surface area contributed by atoms with Gasteiger partial charge in [0.05, 0.1) is 0 Å². The first-order valence-corrected chi connectivity index (χ1v) is 4.06. The van der Waals surface area contributed by atoms with E-state index in [1.165, 1.54) is 5.56 Å². The Morgan fingerprint density at radius 1 is 1.45 bits per heavy atom. The molecule has 11 heavy (non-hydrogen) atoms. The van der Waals surface area contributed by atoms with Crippen LogP contribution >= 0.6 is 0 Å². The number of anilines is 1. The summed E-state index contributed by atoms with van der Waals surface area (Å²) in [5.41, 5.74) is 1.29. The molecule has 0 saturated carbocycles. The Labute approximate surface area is 67.7 Å². The lowest BCUT2D eigenvalue weighted by Gasteiger charge is -2.05. The first-order valence-electron chi connectivity index (χ1n) is 4.06. The van der Waals surface area contributed by atoms with E-state index < -0.39 is 0 Å². The van der Waals surface area contributed by atoms with Crippen LogP contribution in [0.1, 0.15) is 19.4 Å². The lowest BCUT2D eigenvalue weighted by Crippen LogP contribution is -2.01. The van der Waals surface area contributed by atoms with Gasteiger partial charge in [0.15, 0.2) is 0 Å². The minimum absolute atomic E-state index is 0.935. The largest absolute Gasteiger partial charge is 0.370 e. The molecule has 1 N–H and O–H groups in total. The smallest absolute Gasteiger partial charge is 0.129 e. The van der Waals surface area contributed by atoms with Gasteiger partial charge in [-0.2, -0.15) is 0 Å². The first-order chi connectivity index (χ1) is 5.38. The average molecular weight is 150 g/mol. The number of aryl methyl sites for hydroxylation is 1. The second-order valence-corrected chi connectivity index (χ2v) is 2.40. The summed E-state index contributed by atoms with van der Waals surface area (Å²) in [6.45, 7) is 5.15. The molecule has 1 rings (SSSR count). The first kappa shape index (κ1) is 8.05. The molecule has 0 aliphatic heterocycles. The third-order valence-electron chi connectivity index (χ3n) is 1.62. The van der Waals surface area contributed by atoms with Crippen molar-refractivity contribution in [3.8, 4) is 0 Å². The number of aromatic nitrogens is 1. The SMILES string of the molecule is CCNc1ncccc1CC. The van der Waals surface area contributed by atoms with Crippen molar-refractivity contribution in [1.82, 2.24) is 4.98 Å². The van der Waals surface area contributed by atoms with Crippen molar-refractivity contribution in [2.24, 2.45) is 0 Å². The van der Waals surface area contributed by atoms with E-state index in [0.29, 0.717) is 0 Å². The predicted molar refractivity (Wildman–Crippen MR) is 47.8 cm³/mol. The molecular weight excluding hydrogens is 136 g/mol. The van der Waals surface area contributed by atoms with Crippen molar-refractivity contribution in [1.29, 1.82) is 0 Å². The van der Waals surface area contributed by atoms with Gasteiger partial charge in [0.1, 0.15) is 5.82 Å². The minimum Gasteiger partial charge on any atom is -0.370 e. The lowest BCUT2D eigenvalue weighted by molar-refractivity contribution is 1.07. The highest BCUT2D eigenvalue weighted by molar-refractivity contribution is 5.43. The van der Waals surface area contributed by atoms with Gasteiger partial charge in [0, 0.05) is 12.7 Å². The maximum Gasteiger partial charge on any atom is 0.129 e. The summed E-state index contributed by atoms with van der Waals surface area (Å²) in [4.78, 5) is 4.23. The van der Waals surface area contributed by atoms with Gasteiger partial charge in [-0.3, -0.25) is 0 Å². The molecule has 1 aromatic heterocycles. The Morgan fingerprint density at radius 2 is 2.27 bits per heavy atom. The Bertz CT molecular complexity index is 221. The fourth-order valence-corrected chi connectivity index (χ4v) is 1.05. The fourth-order valence-electron chi connectivity index (χ4n) is 1.05. The number of nitrogens with one attached hydrogen (secondary N) is 1. The van der Waals surface area contributed by atoms with Crippen LogP contribution < -0.4 is 5.32 Å². The van der Waals surface area contributed by atoms with Crippen molar-refractivity contribution >= 4 is 5.82 Å². The summed E-state index contributed by atoms with van der Waals surface area (Å²) in [7, 11) is 0. The molecule has 0 atom stereocenters. The fraction of sp³-hybridized carbons (Fsp3) is 0.444. The van der Waals surface area contributed by atoms with Crippen molar-refractivity contribution in [2.45, 2.75) is 20.3 Å². The zero-order valence-corrected chi connectivity index (χ0v) is 7.09. The maximum atomic E-state index is 4.23. The van der Waals surface area contributed by atoms with Gasteiger partial charge in [-0.05, 0) is 25.0 Å². The van der Waals surface area contributed by atoms with Gasteiger partial charge in [0.2, 0.25) is 0 Å². The Kier molecular flexibility index (Phi) is 2.90. The molecule has 0 aliphatic rings. The van der Waals surface area contributed by atoms with Crippen LogP contribution in [-0.2, 0) is 6.42 Å². The van der Waals surface area contributed by atoms with Gasteiger partial charge >= 0.3 is 0 Å². The van der Waals surface area contributed by atoms with Gasteiger partial charge in [-0.1, -0.05) is 13.0 Å². The standard InChI is InChI=1S/C9H14N2/c1-3-8-6-5-7-11-9(8)10-4-2/h5-7H,3-4H2,1-2H3,(H,10,11). The Balaban J connectivity index is 2.83. The van der Waals surface area contributed by atoms with Gasteiger partial charge < -0.3 is 5.32 Å². The highest BCUT2D eigenvalue weighted by Crippen LogP contribution is 2.10. The van der Waals surface area contributed by atoms with Crippen molar-refractivity contribution < 1.29 is 0 Å². The summed E-state index contributed by atoms with van der Waals surface area (Å²) in [5, 5.41) is 3.22. The summed E-state index contributed by atoms with van der Waals surface area (Å²) in [6, 6.07) is 4.07. The normalized spacial score (nSPS) is 9.64. The average Bonchev–Trinajstić information content (AvgIpc) is 2.06. The van der Waals surface area contributed by atoms with E-state index in [1.807, 2.05) is 12.3 Å². The molecule has 1 aromatic rings. The molecule has 0 amide bonds. The zero-order chi connectivity index (χ0) is 8.10. The molecule has 0 spiro atoms. The van der Waals surface area contributed by atoms with Gasteiger partial charge in [-0.15, -0.1) is 0 Å². The van der Waals surface area contributed by atoms with E-state index in [-0.39, 0.29) is 0 Å². The number of pyridine rings is 1. The van der Waals surface area contributed by atoms with Crippen LogP contribution in [0.5, 0.6) is 0 Å². The molecule has 0 radical (unpaired) electrons. The van der Waals surface area contributed by atoms with Crippen LogP contribution in [0.2, 0.25) is 0 Å². The summed E-state index contributed by atoms with van der Waals surface area (Å²) in [6.07, 6.45) is 2.85. The molecule has 2 nitrogen and oxygen atoms in total. The van der Waals surface area contributed by atoms with Crippen molar-refractivity contribution in [3.63, 3.8) is 0 Å². The third-order valence-corrected chi connectivity index (χ3v) is 1.62. The molecule has 0 fully saturated rings. The monoisotopic (exact) mass is 150 g/mol. The van der Waals surface area contributed by atoms with Crippen molar-refractivity contribution in [3.05, 3.63) is 23.9 Å². The number of nitrogens with zero attached hydrogens (tertiary/aromatic N) is 1. The quantitative estimate of drug-likeness (QED) is 0.713. The van der Waals surface area contributed by atoms with Crippen LogP contribution in [0.25, 0.3) is 0 Å². The molecule has 60 valence electrons.